The zero-order valence-corrected chi connectivity index (χ0v) is 11.9. The first-order valence-corrected chi connectivity index (χ1v) is 6.95. The van der Waals surface area contributed by atoms with Gasteiger partial charge in [-0.15, -0.1) is 0 Å². The van der Waals surface area contributed by atoms with Gasteiger partial charge in [-0.2, -0.15) is 0 Å². The summed E-state index contributed by atoms with van der Waals surface area (Å²) >= 11 is 5.97. The molecule has 104 valence electrons. The largest absolute Gasteiger partial charge is 0.488 e. The predicted molar refractivity (Wildman–Crippen MR) is 79.2 cm³/mol. The lowest BCUT2D eigenvalue weighted by Gasteiger charge is -2.14. The predicted octanol–water partition coefficient (Wildman–Crippen LogP) is 4.20. The molecule has 0 bridgehead atoms. The van der Waals surface area contributed by atoms with E-state index >= 15 is 0 Å². The SMILES string of the molecule is Cc1cc(F)ccc1NCC1Cc2cc(Cl)ccc2O1. The molecule has 0 fully saturated rings. The van der Waals surface area contributed by atoms with Crippen molar-refractivity contribution in [3.8, 4) is 5.75 Å². The topological polar surface area (TPSA) is 21.3 Å². The highest BCUT2D eigenvalue weighted by Gasteiger charge is 2.22. The number of halogens is 2. The molecule has 0 aliphatic carbocycles. The molecule has 4 heteroatoms. The molecule has 0 radical (unpaired) electrons. The first-order valence-electron chi connectivity index (χ1n) is 6.57. The smallest absolute Gasteiger partial charge is 0.123 e. The quantitative estimate of drug-likeness (QED) is 0.915. The molecule has 1 N–H and O–H groups in total. The zero-order chi connectivity index (χ0) is 14.1. The van der Waals surface area contributed by atoms with E-state index in [2.05, 4.69) is 5.32 Å². The van der Waals surface area contributed by atoms with Gasteiger partial charge in [-0.3, -0.25) is 0 Å². The van der Waals surface area contributed by atoms with Gasteiger partial charge in [-0.1, -0.05) is 11.6 Å². The van der Waals surface area contributed by atoms with Crippen LogP contribution in [0, 0.1) is 12.7 Å². The van der Waals surface area contributed by atoms with Gasteiger partial charge >= 0.3 is 0 Å². The van der Waals surface area contributed by atoms with Gasteiger partial charge in [0.25, 0.3) is 0 Å². The van der Waals surface area contributed by atoms with Crippen molar-refractivity contribution in [2.75, 3.05) is 11.9 Å². The Morgan fingerprint density at radius 1 is 1.30 bits per heavy atom. The summed E-state index contributed by atoms with van der Waals surface area (Å²) < 4.78 is 18.9. The molecule has 1 atom stereocenters. The molecule has 0 saturated carbocycles. The van der Waals surface area contributed by atoms with E-state index in [4.69, 9.17) is 16.3 Å². The molecule has 0 amide bonds. The van der Waals surface area contributed by atoms with Gasteiger partial charge in [0.1, 0.15) is 17.7 Å². The summed E-state index contributed by atoms with van der Waals surface area (Å²) in [5.74, 6) is 0.684. The van der Waals surface area contributed by atoms with Gasteiger partial charge in [0.2, 0.25) is 0 Å². The van der Waals surface area contributed by atoms with Crippen LogP contribution in [0.4, 0.5) is 10.1 Å². The van der Waals surface area contributed by atoms with Crippen molar-refractivity contribution in [2.24, 2.45) is 0 Å². The average Bonchev–Trinajstić information content (AvgIpc) is 2.79. The van der Waals surface area contributed by atoms with Crippen molar-refractivity contribution < 1.29 is 9.13 Å². The van der Waals surface area contributed by atoms with Crippen molar-refractivity contribution in [1.82, 2.24) is 0 Å². The van der Waals surface area contributed by atoms with Crippen LogP contribution in [-0.4, -0.2) is 12.6 Å². The number of nitrogens with one attached hydrogen (secondary N) is 1. The highest BCUT2D eigenvalue weighted by atomic mass is 35.5. The monoisotopic (exact) mass is 291 g/mol. The third-order valence-electron chi connectivity index (χ3n) is 3.47. The number of benzene rings is 2. The maximum absolute atomic E-state index is 13.0. The van der Waals surface area contributed by atoms with Crippen LogP contribution in [0.3, 0.4) is 0 Å². The summed E-state index contributed by atoms with van der Waals surface area (Å²) in [6.07, 6.45) is 0.913. The van der Waals surface area contributed by atoms with Crippen molar-refractivity contribution in [2.45, 2.75) is 19.4 Å². The lowest BCUT2D eigenvalue weighted by Crippen LogP contribution is -2.24. The van der Waals surface area contributed by atoms with Crippen molar-refractivity contribution in [1.29, 1.82) is 0 Å². The Bertz CT molecular complexity index is 644. The van der Waals surface area contributed by atoms with Crippen LogP contribution >= 0.6 is 11.6 Å². The van der Waals surface area contributed by atoms with E-state index in [1.807, 2.05) is 25.1 Å². The van der Waals surface area contributed by atoms with E-state index in [-0.39, 0.29) is 11.9 Å². The summed E-state index contributed by atoms with van der Waals surface area (Å²) in [6.45, 7) is 2.56. The third kappa shape index (κ3) is 2.73. The summed E-state index contributed by atoms with van der Waals surface area (Å²) in [6, 6.07) is 10.4. The second kappa shape index (κ2) is 5.33. The first-order chi connectivity index (χ1) is 9.61. The Hall–Kier alpha value is -1.74. The molecule has 1 unspecified atom stereocenters. The van der Waals surface area contributed by atoms with E-state index in [1.165, 1.54) is 12.1 Å². The molecule has 2 aromatic rings. The minimum absolute atomic E-state index is 0.0768. The number of ether oxygens (including phenoxy) is 1. The summed E-state index contributed by atoms with van der Waals surface area (Å²) in [4.78, 5) is 0. The number of anilines is 1. The van der Waals surface area contributed by atoms with Crippen LogP contribution in [0.5, 0.6) is 5.75 Å². The molecule has 2 aromatic carbocycles. The van der Waals surface area contributed by atoms with Crippen LogP contribution in [0.2, 0.25) is 5.02 Å². The number of fused-ring (bicyclic) bond motifs is 1. The molecule has 2 nitrogen and oxygen atoms in total. The van der Waals surface area contributed by atoms with Crippen LogP contribution < -0.4 is 10.1 Å². The molecule has 1 heterocycles. The fraction of sp³-hybridized carbons (Fsp3) is 0.250. The van der Waals surface area contributed by atoms with Crippen molar-refractivity contribution in [3.63, 3.8) is 0 Å². The Morgan fingerprint density at radius 2 is 2.15 bits per heavy atom. The molecule has 1 aliphatic rings. The molecule has 1 aliphatic heterocycles. The van der Waals surface area contributed by atoms with Crippen LogP contribution in [-0.2, 0) is 6.42 Å². The normalized spacial score (nSPS) is 16.6. The van der Waals surface area contributed by atoms with Crippen molar-refractivity contribution in [3.05, 3.63) is 58.4 Å². The van der Waals surface area contributed by atoms with Gasteiger partial charge in [0.05, 0.1) is 6.54 Å². The minimum atomic E-state index is -0.216. The Balaban J connectivity index is 1.63. The fourth-order valence-corrected chi connectivity index (χ4v) is 2.65. The highest BCUT2D eigenvalue weighted by molar-refractivity contribution is 6.30. The second-order valence-electron chi connectivity index (χ2n) is 5.04. The molecule has 0 aromatic heterocycles. The molecule has 0 saturated heterocycles. The Labute approximate surface area is 122 Å². The Morgan fingerprint density at radius 3 is 2.95 bits per heavy atom. The number of hydrogen-bond donors (Lipinski definition) is 1. The fourth-order valence-electron chi connectivity index (χ4n) is 2.45. The molecule has 20 heavy (non-hydrogen) atoms. The highest BCUT2D eigenvalue weighted by Crippen LogP contribution is 2.31. The van der Waals surface area contributed by atoms with Gasteiger partial charge < -0.3 is 10.1 Å². The third-order valence-corrected chi connectivity index (χ3v) is 3.71. The zero-order valence-electron chi connectivity index (χ0n) is 11.1. The van der Waals surface area contributed by atoms with Gasteiger partial charge in [-0.25, -0.2) is 4.39 Å². The van der Waals surface area contributed by atoms with Crippen LogP contribution in [0.25, 0.3) is 0 Å². The standard InChI is InChI=1S/C16H15ClFNO/c1-10-6-13(18)3-4-15(10)19-9-14-8-11-7-12(17)2-5-16(11)20-14/h2-7,14,19H,8-9H2,1H3. The van der Waals surface area contributed by atoms with Crippen LogP contribution in [0.15, 0.2) is 36.4 Å². The summed E-state index contributed by atoms with van der Waals surface area (Å²) in [7, 11) is 0. The van der Waals surface area contributed by atoms with E-state index in [1.54, 1.807) is 6.07 Å². The van der Waals surface area contributed by atoms with Crippen LogP contribution in [0.1, 0.15) is 11.1 Å². The molecule has 3 rings (SSSR count). The summed E-state index contributed by atoms with van der Waals surface area (Å²) in [5, 5.41) is 4.04. The lowest BCUT2D eigenvalue weighted by atomic mass is 10.1. The molecular weight excluding hydrogens is 277 g/mol. The summed E-state index contributed by atoms with van der Waals surface area (Å²) in [5.41, 5.74) is 2.97. The van der Waals surface area contributed by atoms with E-state index in [0.717, 1.165) is 34.0 Å². The average molecular weight is 292 g/mol. The van der Waals surface area contributed by atoms with Gasteiger partial charge in [-0.05, 0) is 54.4 Å². The second-order valence-corrected chi connectivity index (χ2v) is 5.47. The molecular formula is C16H15ClFNO. The van der Waals surface area contributed by atoms with Crippen molar-refractivity contribution >= 4 is 17.3 Å². The minimum Gasteiger partial charge on any atom is -0.488 e. The van der Waals surface area contributed by atoms with E-state index < -0.39 is 0 Å². The van der Waals surface area contributed by atoms with Gasteiger partial charge in [0.15, 0.2) is 0 Å². The number of rotatable bonds is 3. The first kappa shape index (κ1) is 13.3. The maximum atomic E-state index is 13.0. The van der Waals surface area contributed by atoms with E-state index in [0.29, 0.717) is 6.54 Å². The lowest BCUT2D eigenvalue weighted by molar-refractivity contribution is 0.246. The Kier molecular flexibility index (Phi) is 3.53. The maximum Gasteiger partial charge on any atom is 0.123 e. The number of hydrogen-bond acceptors (Lipinski definition) is 2. The van der Waals surface area contributed by atoms with Gasteiger partial charge in [0, 0.05) is 17.1 Å². The molecule has 0 spiro atoms. The number of aryl methyl sites for hydroxylation is 1. The van der Waals surface area contributed by atoms with E-state index in [9.17, 15) is 4.39 Å².